The standard InChI is InChI=1S/C10H15BrClNO/c1-5-10(4,7(2)3)13-9(14)8(11)6-12/h1,7-8H,6H2,2-4H3,(H,13,14). The molecule has 2 atom stereocenters. The predicted molar refractivity (Wildman–Crippen MR) is 63.7 cm³/mol. The van der Waals surface area contributed by atoms with Crippen molar-refractivity contribution in [1.82, 2.24) is 5.32 Å². The van der Waals surface area contributed by atoms with Crippen molar-refractivity contribution in [1.29, 1.82) is 0 Å². The van der Waals surface area contributed by atoms with Gasteiger partial charge in [0.2, 0.25) is 5.91 Å². The zero-order chi connectivity index (χ0) is 11.4. The molecule has 0 aromatic carbocycles. The van der Waals surface area contributed by atoms with Gasteiger partial charge in [0.1, 0.15) is 10.4 Å². The molecule has 0 heterocycles. The van der Waals surface area contributed by atoms with E-state index in [-0.39, 0.29) is 17.7 Å². The lowest BCUT2D eigenvalue weighted by molar-refractivity contribution is -0.121. The van der Waals surface area contributed by atoms with Crippen molar-refractivity contribution in [3.63, 3.8) is 0 Å². The maximum Gasteiger partial charge on any atom is 0.236 e. The van der Waals surface area contributed by atoms with Gasteiger partial charge in [0.05, 0.1) is 0 Å². The summed E-state index contributed by atoms with van der Waals surface area (Å²) in [4.78, 5) is 11.1. The minimum absolute atomic E-state index is 0.172. The molecule has 0 bridgehead atoms. The lowest BCUT2D eigenvalue weighted by Crippen LogP contribution is -2.51. The van der Waals surface area contributed by atoms with Crippen LogP contribution in [0.25, 0.3) is 0 Å². The summed E-state index contributed by atoms with van der Waals surface area (Å²) in [5, 5.41) is 2.79. The Hall–Kier alpha value is -0.200. The van der Waals surface area contributed by atoms with E-state index in [0.717, 1.165) is 0 Å². The first-order valence-corrected chi connectivity index (χ1v) is 5.82. The molecule has 0 aliphatic heterocycles. The number of halogens is 2. The van der Waals surface area contributed by atoms with Crippen LogP contribution in [-0.2, 0) is 4.79 Å². The predicted octanol–water partition coefficient (Wildman–Crippen LogP) is 2.15. The van der Waals surface area contributed by atoms with E-state index in [4.69, 9.17) is 18.0 Å². The minimum atomic E-state index is -0.616. The summed E-state index contributed by atoms with van der Waals surface area (Å²) in [6.07, 6.45) is 5.38. The summed E-state index contributed by atoms with van der Waals surface area (Å²) in [5.41, 5.74) is -0.616. The average molecular weight is 281 g/mol. The Morgan fingerprint density at radius 3 is 2.50 bits per heavy atom. The fourth-order valence-corrected chi connectivity index (χ4v) is 1.01. The topological polar surface area (TPSA) is 29.1 Å². The maximum atomic E-state index is 11.5. The molecule has 14 heavy (non-hydrogen) atoms. The Morgan fingerprint density at radius 1 is 1.71 bits per heavy atom. The van der Waals surface area contributed by atoms with Crippen LogP contribution in [0.15, 0.2) is 0 Å². The van der Waals surface area contributed by atoms with E-state index >= 15 is 0 Å². The third-order valence-corrected chi connectivity index (χ3v) is 3.68. The van der Waals surface area contributed by atoms with Crippen LogP contribution in [0.4, 0.5) is 0 Å². The monoisotopic (exact) mass is 279 g/mol. The zero-order valence-corrected chi connectivity index (χ0v) is 10.9. The van der Waals surface area contributed by atoms with Crippen LogP contribution >= 0.6 is 27.5 Å². The van der Waals surface area contributed by atoms with Gasteiger partial charge in [-0.25, -0.2) is 0 Å². The Morgan fingerprint density at radius 2 is 2.21 bits per heavy atom. The molecule has 0 aliphatic carbocycles. The molecular weight excluding hydrogens is 265 g/mol. The number of alkyl halides is 2. The van der Waals surface area contributed by atoms with E-state index in [9.17, 15) is 4.79 Å². The Labute approximate surface area is 98.9 Å². The number of hydrogen-bond donors (Lipinski definition) is 1. The van der Waals surface area contributed by atoms with E-state index in [1.165, 1.54) is 0 Å². The van der Waals surface area contributed by atoms with Crippen LogP contribution in [0, 0.1) is 18.3 Å². The van der Waals surface area contributed by atoms with Crippen LogP contribution in [0.5, 0.6) is 0 Å². The highest BCUT2D eigenvalue weighted by molar-refractivity contribution is 9.10. The van der Waals surface area contributed by atoms with Crippen LogP contribution < -0.4 is 5.32 Å². The maximum absolute atomic E-state index is 11.5. The van der Waals surface area contributed by atoms with Crippen molar-refractivity contribution in [2.45, 2.75) is 31.1 Å². The first kappa shape index (κ1) is 13.8. The molecular formula is C10H15BrClNO. The third-order valence-electron chi connectivity index (χ3n) is 2.26. The van der Waals surface area contributed by atoms with Crippen molar-refractivity contribution in [3.8, 4) is 12.3 Å². The molecule has 0 fully saturated rings. The van der Waals surface area contributed by atoms with Crippen molar-refractivity contribution in [3.05, 3.63) is 0 Å². The second-order valence-electron chi connectivity index (χ2n) is 3.61. The molecule has 0 aromatic rings. The fraction of sp³-hybridized carbons (Fsp3) is 0.700. The lowest BCUT2D eigenvalue weighted by Gasteiger charge is -2.30. The van der Waals surface area contributed by atoms with Crippen LogP contribution in [0.1, 0.15) is 20.8 Å². The smallest absolute Gasteiger partial charge is 0.236 e. The molecule has 0 saturated heterocycles. The molecule has 1 amide bonds. The van der Waals surface area contributed by atoms with Gasteiger partial charge in [-0.05, 0) is 12.8 Å². The van der Waals surface area contributed by atoms with Crippen molar-refractivity contribution in [2.75, 3.05) is 5.88 Å². The third kappa shape index (κ3) is 3.51. The van der Waals surface area contributed by atoms with Gasteiger partial charge in [-0.2, -0.15) is 0 Å². The number of nitrogens with one attached hydrogen (secondary N) is 1. The van der Waals surface area contributed by atoms with Gasteiger partial charge >= 0.3 is 0 Å². The second-order valence-corrected chi connectivity index (χ2v) is 5.03. The van der Waals surface area contributed by atoms with Crippen molar-refractivity contribution >= 4 is 33.4 Å². The summed E-state index contributed by atoms with van der Waals surface area (Å²) in [6.45, 7) is 5.75. The van der Waals surface area contributed by atoms with Crippen molar-refractivity contribution < 1.29 is 4.79 Å². The summed E-state index contributed by atoms with van der Waals surface area (Å²) in [5.74, 6) is 2.82. The summed E-state index contributed by atoms with van der Waals surface area (Å²) < 4.78 is 0. The number of carbonyl (C=O) groups excluding carboxylic acids is 1. The van der Waals surface area contributed by atoms with E-state index in [0.29, 0.717) is 0 Å². The number of hydrogen-bond acceptors (Lipinski definition) is 1. The molecule has 0 saturated carbocycles. The zero-order valence-electron chi connectivity index (χ0n) is 8.60. The van der Waals surface area contributed by atoms with Gasteiger partial charge in [0.25, 0.3) is 0 Å². The van der Waals surface area contributed by atoms with Crippen LogP contribution in [0.2, 0.25) is 0 Å². The highest BCUT2D eigenvalue weighted by atomic mass is 79.9. The van der Waals surface area contributed by atoms with Gasteiger partial charge in [-0.1, -0.05) is 35.7 Å². The van der Waals surface area contributed by atoms with Gasteiger partial charge in [0.15, 0.2) is 0 Å². The molecule has 0 aliphatic rings. The molecule has 0 rings (SSSR count). The van der Waals surface area contributed by atoms with Gasteiger partial charge < -0.3 is 5.32 Å². The largest absolute Gasteiger partial charge is 0.339 e. The number of carbonyl (C=O) groups is 1. The van der Waals surface area contributed by atoms with Gasteiger partial charge in [-0.3, -0.25) is 4.79 Å². The van der Waals surface area contributed by atoms with Crippen LogP contribution in [-0.4, -0.2) is 22.2 Å². The molecule has 0 aromatic heterocycles. The minimum Gasteiger partial charge on any atom is -0.339 e. The Balaban J connectivity index is 4.50. The Bertz CT molecular complexity index is 249. The molecule has 1 N–H and O–H groups in total. The fourth-order valence-electron chi connectivity index (χ4n) is 0.751. The summed E-state index contributed by atoms with van der Waals surface area (Å²) in [7, 11) is 0. The van der Waals surface area contributed by atoms with E-state index in [2.05, 4.69) is 27.2 Å². The van der Waals surface area contributed by atoms with Gasteiger partial charge in [-0.15, -0.1) is 18.0 Å². The Kier molecular flexibility index (Phi) is 5.54. The quantitative estimate of drug-likeness (QED) is 0.620. The van der Waals surface area contributed by atoms with Gasteiger partial charge in [0, 0.05) is 5.88 Å². The van der Waals surface area contributed by atoms with E-state index in [1.54, 1.807) is 0 Å². The molecule has 80 valence electrons. The normalized spacial score (nSPS) is 16.9. The number of terminal acetylenes is 1. The first-order chi connectivity index (χ1) is 6.37. The molecule has 0 radical (unpaired) electrons. The first-order valence-electron chi connectivity index (χ1n) is 4.37. The van der Waals surface area contributed by atoms with E-state index < -0.39 is 10.4 Å². The second kappa shape index (κ2) is 5.63. The lowest BCUT2D eigenvalue weighted by atomic mass is 9.89. The average Bonchev–Trinajstić information content (AvgIpc) is 2.15. The molecule has 0 spiro atoms. The van der Waals surface area contributed by atoms with Crippen LogP contribution in [0.3, 0.4) is 0 Å². The summed E-state index contributed by atoms with van der Waals surface area (Å²) in [6, 6.07) is 0. The van der Waals surface area contributed by atoms with Crippen molar-refractivity contribution in [2.24, 2.45) is 5.92 Å². The number of amides is 1. The van der Waals surface area contributed by atoms with E-state index in [1.807, 2.05) is 20.8 Å². The molecule has 2 nitrogen and oxygen atoms in total. The highest BCUT2D eigenvalue weighted by Gasteiger charge is 2.29. The SMILES string of the molecule is C#CC(C)(NC(=O)C(Br)CCl)C(C)C. The summed E-state index contributed by atoms with van der Waals surface area (Å²) >= 11 is 8.70. The molecule has 2 unspecified atom stereocenters. The molecule has 4 heteroatoms. The number of rotatable bonds is 4. The highest BCUT2D eigenvalue weighted by Crippen LogP contribution is 2.16.